The number of nitro benzene ring substituents is 1. The summed E-state index contributed by atoms with van der Waals surface area (Å²) < 4.78 is 5.61. The van der Waals surface area contributed by atoms with Gasteiger partial charge in [-0.2, -0.15) is 5.26 Å². The number of carbonyl (C=O) groups is 1. The number of aromatic nitrogens is 1. The van der Waals surface area contributed by atoms with Gasteiger partial charge in [-0.1, -0.05) is 25.5 Å². The Morgan fingerprint density at radius 1 is 1.25 bits per heavy atom. The minimum atomic E-state index is -0.569. The number of thiazole rings is 1. The molecule has 2 aromatic carbocycles. The highest BCUT2D eigenvalue weighted by atomic mass is 32.1. The van der Waals surface area contributed by atoms with Crippen LogP contribution in [-0.4, -0.2) is 22.4 Å². The number of amides is 1. The smallest absolute Gasteiger partial charge is 0.269 e. The molecule has 0 saturated heterocycles. The van der Waals surface area contributed by atoms with E-state index in [-0.39, 0.29) is 11.3 Å². The average molecular weight is 449 g/mol. The number of nitro groups is 1. The average Bonchev–Trinajstić information content (AvgIpc) is 3.27. The van der Waals surface area contributed by atoms with Gasteiger partial charge < -0.3 is 4.74 Å². The van der Waals surface area contributed by atoms with Gasteiger partial charge in [-0.3, -0.25) is 20.2 Å². The summed E-state index contributed by atoms with van der Waals surface area (Å²) in [7, 11) is 0. The van der Waals surface area contributed by atoms with Crippen LogP contribution in [0.15, 0.2) is 59.5 Å². The maximum absolute atomic E-state index is 12.5. The highest BCUT2D eigenvalue weighted by Crippen LogP contribution is 2.27. The number of nitrogens with zero attached hydrogens (tertiary/aromatic N) is 3. The molecule has 0 bridgehead atoms. The molecule has 1 N–H and O–H groups in total. The zero-order valence-electron chi connectivity index (χ0n) is 17.3. The molecule has 3 aromatic rings. The molecule has 0 fully saturated rings. The van der Waals surface area contributed by atoms with Crippen molar-refractivity contribution in [1.82, 2.24) is 4.98 Å². The van der Waals surface area contributed by atoms with Crippen LogP contribution in [0.1, 0.15) is 25.3 Å². The Balaban J connectivity index is 1.66. The summed E-state index contributed by atoms with van der Waals surface area (Å²) in [4.78, 5) is 27.2. The van der Waals surface area contributed by atoms with Gasteiger partial charge in [-0.15, -0.1) is 11.3 Å². The molecule has 1 amide bonds. The van der Waals surface area contributed by atoms with Gasteiger partial charge in [-0.25, -0.2) is 4.98 Å². The third kappa shape index (κ3) is 6.00. The molecular weight excluding hydrogens is 428 g/mol. The van der Waals surface area contributed by atoms with Gasteiger partial charge >= 0.3 is 0 Å². The Labute approximate surface area is 189 Å². The molecule has 3 rings (SSSR count). The van der Waals surface area contributed by atoms with Gasteiger partial charge in [0.2, 0.25) is 0 Å². The fraction of sp³-hybridized carbons (Fsp3) is 0.174. The molecule has 0 spiro atoms. The van der Waals surface area contributed by atoms with Crippen LogP contribution in [0.25, 0.3) is 17.3 Å². The molecule has 0 saturated carbocycles. The standard InChI is InChI=1S/C23H20N4O4S/c1-2-3-12-31-20-10-4-16(5-11-20)13-18(14-24)22(28)26-23-25-21(15-32-23)17-6-8-19(9-7-17)27(29)30/h4-11,13,15H,2-3,12H2,1H3,(H,25,26,28). The zero-order valence-corrected chi connectivity index (χ0v) is 18.1. The van der Waals surface area contributed by atoms with Crippen molar-refractivity contribution in [1.29, 1.82) is 5.26 Å². The third-order valence-electron chi connectivity index (χ3n) is 4.42. The number of unbranched alkanes of at least 4 members (excludes halogenated alkanes) is 1. The second-order valence-corrected chi connectivity index (χ2v) is 7.59. The predicted molar refractivity (Wildman–Crippen MR) is 123 cm³/mol. The van der Waals surface area contributed by atoms with Gasteiger partial charge in [0, 0.05) is 23.1 Å². The van der Waals surface area contributed by atoms with Crippen molar-refractivity contribution in [3.63, 3.8) is 0 Å². The molecule has 9 heteroatoms. The van der Waals surface area contributed by atoms with Gasteiger partial charge in [0.15, 0.2) is 5.13 Å². The lowest BCUT2D eigenvalue weighted by Gasteiger charge is -2.05. The summed E-state index contributed by atoms with van der Waals surface area (Å²) in [6.45, 7) is 2.74. The predicted octanol–water partition coefficient (Wildman–Crippen LogP) is 5.44. The van der Waals surface area contributed by atoms with E-state index in [9.17, 15) is 20.2 Å². The van der Waals surface area contributed by atoms with Crippen molar-refractivity contribution >= 4 is 34.1 Å². The molecule has 0 unspecified atom stereocenters. The number of carbonyl (C=O) groups excluding carboxylic acids is 1. The van der Waals surface area contributed by atoms with Crippen molar-refractivity contribution in [2.45, 2.75) is 19.8 Å². The highest BCUT2D eigenvalue weighted by molar-refractivity contribution is 7.14. The van der Waals surface area contributed by atoms with Crippen LogP contribution in [0.3, 0.4) is 0 Å². The molecule has 0 aliphatic rings. The summed E-state index contributed by atoms with van der Waals surface area (Å²) in [6.07, 6.45) is 3.52. The van der Waals surface area contributed by atoms with E-state index in [1.807, 2.05) is 6.07 Å². The van der Waals surface area contributed by atoms with Crippen molar-refractivity contribution in [3.05, 3.63) is 75.2 Å². The first kappa shape index (κ1) is 22.7. The molecule has 0 atom stereocenters. The number of nitriles is 1. The minimum Gasteiger partial charge on any atom is -0.494 e. The Hall–Kier alpha value is -4.03. The summed E-state index contributed by atoms with van der Waals surface area (Å²) in [5.74, 6) is 0.167. The molecule has 8 nitrogen and oxygen atoms in total. The Morgan fingerprint density at radius 3 is 2.59 bits per heavy atom. The molecule has 1 heterocycles. The fourth-order valence-electron chi connectivity index (χ4n) is 2.69. The molecule has 162 valence electrons. The van der Waals surface area contributed by atoms with E-state index in [2.05, 4.69) is 17.2 Å². The summed E-state index contributed by atoms with van der Waals surface area (Å²) in [6, 6.07) is 15.0. The van der Waals surface area contributed by atoms with E-state index in [1.54, 1.807) is 41.8 Å². The van der Waals surface area contributed by atoms with Gasteiger partial charge in [0.25, 0.3) is 11.6 Å². The lowest BCUT2D eigenvalue weighted by Crippen LogP contribution is -2.13. The van der Waals surface area contributed by atoms with Crippen molar-refractivity contribution in [2.75, 3.05) is 11.9 Å². The van der Waals surface area contributed by atoms with Crippen LogP contribution in [0.4, 0.5) is 10.8 Å². The van der Waals surface area contributed by atoms with Crippen molar-refractivity contribution in [2.24, 2.45) is 0 Å². The van der Waals surface area contributed by atoms with Crippen molar-refractivity contribution in [3.8, 4) is 23.1 Å². The fourth-order valence-corrected chi connectivity index (χ4v) is 3.41. The maximum atomic E-state index is 12.5. The number of anilines is 1. The second kappa shape index (κ2) is 10.8. The minimum absolute atomic E-state index is 0.0122. The number of non-ortho nitro benzene ring substituents is 1. The summed E-state index contributed by atoms with van der Waals surface area (Å²) in [5, 5.41) is 24.9. The van der Waals surface area contributed by atoms with Crippen LogP contribution < -0.4 is 10.1 Å². The molecular formula is C23H20N4O4S. The van der Waals surface area contributed by atoms with Crippen LogP contribution in [0.2, 0.25) is 0 Å². The molecule has 0 radical (unpaired) electrons. The monoisotopic (exact) mass is 448 g/mol. The Morgan fingerprint density at radius 2 is 1.97 bits per heavy atom. The first-order valence-corrected chi connectivity index (χ1v) is 10.7. The summed E-state index contributed by atoms with van der Waals surface area (Å²) >= 11 is 1.20. The van der Waals surface area contributed by atoms with Crippen LogP contribution >= 0.6 is 11.3 Å². The number of hydrogen-bond acceptors (Lipinski definition) is 7. The quantitative estimate of drug-likeness (QED) is 0.153. The number of ether oxygens (including phenoxy) is 1. The molecule has 0 aliphatic heterocycles. The SMILES string of the molecule is CCCCOc1ccc(C=C(C#N)C(=O)Nc2nc(-c3ccc([N+](=O)[O-])cc3)cs2)cc1. The first-order chi connectivity index (χ1) is 15.5. The third-order valence-corrected chi connectivity index (χ3v) is 5.18. The lowest BCUT2D eigenvalue weighted by molar-refractivity contribution is -0.384. The van der Waals surface area contributed by atoms with E-state index in [0.29, 0.717) is 28.6 Å². The lowest BCUT2D eigenvalue weighted by atomic mass is 10.1. The van der Waals surface area contributed by atoms with Crippen LogP contribution in [-0.2, 0) is 4.79 Å². The number of rotatable bonds is 9. The van der Waals surface area contributed by atoms with E-state index in [1.165, 1.54) is 29.5 Å². The number of nitrogens with one attached hydrogen (secondary N) is 1. The van der Waals surface area contributed by atoms with Gasteiger partial charge in [0.05, 0.1) is 17.2 Å². The van der Waals surface area contributed by atoms with E-state index in [0.717, 1.165) is 18.6 Å². The van der Waals surface area contributed by atoms with Gasteiger partial charge in [0.1, 0.15) is 17.4 Å². The van der Waals surface area contributed by atoms with E-state index in [4.69, 9.17) is 4.74 Å². The zero-order chi connectivity index (χ0) is 22.9. The largest absolute Gasteiger partial charge is 0.494 e. The Kier molecular flexibility index (Phi) is 7.67. The van der Waals surface area contributed by atoms with Gasteiger partial charge in [-0.05, 0) is 42.3 Å². The first-order valence-electron chi connectivity index (χ1n) is 9.86. The van der Waals surface area contributed by atoms with E-state index < -0.39 is 10.8 Å². The number of hydrogen-bond donors (Lipinski definition) is 1. The summed E-state index contributed by atoms with van der Waals surface area (Å²) in [5.41, 5.74) is 1.88. The normalized spacial score (nSPS) is 10.9. The number of benzene rings is 2. The topological polar surface area (TPSA) is 118 Å². The molecule has 32 heavy (non-hydrogen) atoms. The maximum Gasteiger partial charge on any atom is 0.269 e. The molecule has 0 aliphatic carbocycles. The van der Waals surface area contributed by atoms with E-state index >= 15 is 0 Å². The van der Waals surface area contributed by atoms with Crippen LogP contribution in [0.5, 0.6) is 5.75 Å². The Bertz CT molecular complexity index is 1160. The van der Waals surface area contributed by atoms with Crippen LogP contribution in [0, 0.1) is 21.4 Å². The highest BCUT2D eigenvalue weighted by Gasteiger charge is 2.13. The second-order valence-electron chi connectivity index (χ2n) is 6.74. The van der Waals surface area contributed by atoms with Crippen molar-refractivity contribution < 1.29 is 14.5 Å². The molecule has 1 aromatic heterocycles.